The van der Waals surface area contributed by atoms with Gasteiger partial charge in [-0.2, -0.15) is 15.1 Å². The normalized spacial score (nSPS) is 16.3. The second kappa shape index (κ2) is 13.9. The molecule has 0 aliphatic carbocycles. The number of rotatable bonds is 15. The third-order valence-corrected chi connectivity index (χ3v) is 6.65. The van der Waals surface area contributed by atoms with Gasteiger partial charge in [0.05, 0.1) is 18.2 Å². The molecule has 1 fully saturated rings. The van der Waals surface area contributed by atoms with E-state index in [-0.39, 0.29) is 18.7 Å². The molecule has 4 rings (SSSR count). The maximum absolute atomic E-state index is 10.6. The molecule has 0 spiro atoms. The average Bonchev–Trinajstić information content (AvgIpc) is 3.34. The van der Waals surface area contributed by atoms with Crippen LogP contribution in [-0.4, -0.2) is 50.1 Å². The second-order valence-corrected chi connectivity index (χ2v) is 9.93. The first kappa shape index (κ1) is 27.6. The summed E-state index contributed by atoms with van der Waals surface area (Å²) < 4.78 is 13.7. The largest absolute Gasteiger partial charge is 0.494 e. The van der Waals surface area contributed by atoms with E-state index in [0.717, 1.165) is 86.3 Å². The van der Waals surface area contributed by atoms with E-state index >= 15 is 0 Å². The van der Waals surface area contributed by atoms with Gasteiger partial charge in [-0.15, -0.1) is 0 Å². The molecule has 0 saturated carbocycles. The molecule has 0 bridgehead atoms. The predicted octanol–water partition coefficient (Wildman–Crippen LogP) is 6.28. The van der Waals surface area contributed by atoms with Crippen molar-refractivity contribution in [1.82, 2.24) is 19.7 Å². The van der Waals surface area contributed by atoms with E-state index in [0.29, 0.717) is 19.0 Å². The molecule has 3 aromatic rings. The lowest BCUT2D eigenvalue weighted by molar-refractivity contribution is -0.137. The van der Waals surface area contributed by atoms with Crippen LogP contribution in [0.25, 0.3) is 11.0 Å². The summed E-state index contributed by atoms with van der Waals surface area (Å²) in [6, 6.07) is 8.02. The highest BCUT2D eigenvalue weighted by molar-refractivity contribution is 5.88. The number of carboxylic acid groups (broad SMARTS) is 1. The third kappa shape index (κ3) is 7.80. The molecule has 3 N–H and O–H groups in total. The minimum atomic E-state index is -0.734. The average molecular weight is 525 g/mol. The molecule has 1 saturated heterocycles. The van der Waals surface area contributed by atoms with Gasteiger partial charge in [0.15, 0.2) is 11.9 Å². The summed E-state index contributed by atoms with van der Waals surface area (Å²) in [6.07, 6.45) is 10.7. The summed E-state index contributed by atoms with van der Waals surface area (Å²) in [4.78, 5) is 20.2. The van der Waals surface area contributed by atoms with Crippen molar-refractivity contribution in [3.8, 4) is 5.75 Å². The molecule has 0 radical (unpaired) electrons. The number of ether oxygens (including phenoxy) is 2. The summed E-state index contributed by atoms with van der Waals surface area (Å²) in [6.45, 7) is 5.68. The SMILES string of the molecule is CCCC(C)Nc1nc(Nc2ccc(OCCCCCCC(=O)O)cc2)nc2c1cnn2C1CCCCO1. The molecule has 1 aromatic carbocycles. The lowest BCUT2D eigenvalue weighted by Crippen LogP contribution is -2.20. The Morgan fingerprint density at radius 2 is 2.00 bits per heavy atom. The van der Waals surface area contributed by atoms with Gasteiger partial charge in [0.1, 0.15) is 11.6 Å². The lowest BCUT2D eigenvalue weighted by Gasteiger charge is -2.23. The lowest BCUT2D eigenvalue weighted by atomic mass is 10.1. The van der Waals surface area contributed by atoms with Crippen LogP contribution in [0.3, 0.4) is 0 Å². The number of fused-ring (bicyclic) bond motifs is 1. The smallest absolute Gasteiger partial charge is 0.303 e. The van der Waals surface area contributed by atoms with Crippen LogP contribution in [0.15, 0.2) is 30.5 Å². The Kier molecular flexibility index (Phi) is 10.1. The van der Waals surface area contributed by atoms with E-state index in [1.165, 1.54) is 0 Å². The van der Waals surface area contributed by atoms with Gasteiger partial charge in [-0.05, 0) is 69.7 Å². The highest BCUT2D eigenvalue weighted by Crippen LogP contribution is 2.30. The zero-order valence-electron chi connectivity index (χ0n) is 22.5. The Bertz CT molecular complexity index is 1160. The van der Waals surface area contributed by atoms with Crippen molar-refractivity contribution in [3.63, 3.8) is 0 Å². The van der Waals surface area contributed by atoms with E-state index in [1.54, 1.807) is 0 Å². The molecule has 2 unspecified atom stereocenters. The summed E-state index contributed by atoms with van der Waals surface area (Å²) >= 11 is 0. The number of benzene rings is 1. The molecule has 1 aliphatic rings. The van der Waals surface area contributed by atoms with Crippen LogP contribution in [0, 0.1) is 0 Å². The summed E-state index contributed by atoms with van der Waals surface area (Å²) in [5.74, 6) is 1.32. The monoisotopic (exact) mass is 524 g/mol. The van der Waals surface area contributed by atoms with Crippen molar-refractivity contribution < 1.29 is 19.4 Å². The van der Waals surface area contributed by atoms with Crippen molar-refractivity contribution in [2.75, 3.05) is 23.8 Å². The molecule has 3 heterocycles. The van der Waals surface area contributed by atoms with Crippen LogP contribution in [0.1, 0.15) is 84.3 Å². The number of hydrogen-bond acceptors (Lipinski definition) is 8. The van der Waals surface area contributed by atoms with Crippen LogP contribution < -0.4 is 15.4 Å². The fraction of sp³-hybridized carbons (Fsp3) is 0.571. The van der Waals surface area contributed by atoms with Gasteiger partial charge in [0.2, 0.25) is 5.95 Å². The van der Waals surface area contributed by atoms with Gasteiger partial charge in [0.25, 0.3) is 0 Å². The van der Waals surface area contributed by atoms with Crippen molar-refractivity contribution in [3.05, 3.63) is 30.5 Å². The third-order valence-electron chi connectivity index (χ3n) is 6.65. The minimum Gasteiger partial charge on any atom is -0.494 e. The Morgan fingerprint density at radius 3 is 2.74 bits per heavy atom. The maximum atomic E-state index is 10.6. The van der Waals surface area contributed by atoms with Crippen LogP contribution in [-0.2, 0) is 9.53 Å². The van der Waals surface area contributed by atoms with Crippen LogP contribution >= 0.6 is 0 Å². The number of anilines is 3. The van der Waals surface area contributed by atoms with Crippen molar-refractivity contribution in [2.45, 2.75) is 90.3 Å². The molecule has 2 atom stereocenters. The molecule has 2 aromatic heterocycles. The van der Waals surface area contributed by atoms with Gasteiger partial charge in [-0.1, -0.05) is 26.2 Å². The van der Waals surface area contributed by atoms with Crippen molar-refractivity contribution in [2.24, 2.45) is 0 Å². The first-order valence-electron chi connectivity index (χ1n) is 13.9. The Balaban J connectivity index is 1.42. The molecule has 0 amide bonds. The number of hydrogen-bond donors (Lipinski definition) is 3. The number of carboxylic acids is 1. The number of carbonyl (C=O) groups is 1. The van der Waals surface area contributed by atoms with Gasteiger partial charge in [0, 0.05) is 24.8 Å². The summed E-state index contributed by atoms with van der Waals surface area (Å²) in [5, 5.41) is 21.1. The Morgan fingerprint density at radius 1 is 1.18 bits per heavy atom. The molecule has 38 heavy (non-hydrogen) atoms. The number of nitrogens with zero attached hydrogens (tertiary/aromatic N) is 4. The topological polar surface area (TPSA) is 123 Å². The predicted molar refractivity (Wildman–Crippen MR) is 148 cm³/mol. The van der Waals surface area contributed by atoms with E-state index in [2.05, 4.69) is 29.6 Å². The van der Waals surface area contributed by atoms with Crippen molar-refractivity contribution in [1.29, 1.82) is 0 Å². The first-order chi connectivity index (χ1) is 18.5. The number of aliphatic carboxylic acids is 1. The number of nitrogens with one attached hydrogen (secondary N) is 2. The van der Waals surface area contributed by atoms with Gasteiger partial charge in [-0.3, -0.25) is 4.79 Å². The number of unbranched alkanes of at least 4 members (excludes halogenated alkanes) is 3. The fourth-order valence-electron chi connectivity index (χ4n) is 4.64. The van der Waals surface area contributed by atoms with Gasteiger partial charge < -0.3 is 25.2 Å². The zero-order valence-corrected chi connectivity index (χ0v) is 22.5. The Labute approximate surface area is 224 Å². The zero-order chi connectivity index (χ0) is 26.7. The van der Waals surface area contributed by atoms with Gasteiger partial charge in [-0.25, -0.2) is 4.68 Å². The van der Waals surface area contributed by atoms with Crippen LogP contribution in [0.2, 0.25) is 0 Å². The first-order valence-corrected chi connectivity index (χ1v) is 13.9. The van der Waals surface area contributed by atoms with Crippen LogP contribution in [0.5, 0.6) is 5.75 Å². The van der Waals surface area contributed by atoms with Crippen LogP contribution in [0.4, 0.5) is 17.5 Å². The van der Waals surface area contributed by atoms with E-state index < -0.39 is 5.97 Å². The highest BCUT2D eigenvalue weighted by atomic mass is 16.5. The molecule has 10 nitrogen and oxygen atoms in total. The van der Waals surface area contributed by atoms with E-state index in [9.17, 15) is 4.79 Å². The standard InChI is InChI=1S/C28H40N6O4/c1-3-10-20(2)30-26-23-19-29-34(24-11-7-9-18-38-24)27(23)33-28(32-26)31-21-13-15-22(16-14-21)37-17-8-5-4-6-12-25(35)36/h13-16,19-20,24H,3-12,17-18H2,1-2H3,(H,35,36)(H2,30,31,32,33). The van der Waals surface area contributed by atoms with E-state index in [1.807, 2.05) is 35.1 Å². The van der Waals surface area contributed by atoms with Crippen molar-refractivity contribution >= 4 is 34.5 Å². The molecule has 1 aliphatic heterocycles. The quantitative estimate of drug-likeness (QED) is 0.197. The fourth-order valence-corrected chi connectivity index (χ4v) is 4.64. The minimum absolute atomic E-state index is 0.112. The summed E-state index contributed by atoms with van der Waals surface area (Å²) in [5.41, 5.74) is 1.61. The summed E-state index contributed by atoms with van der Waals surface area (Å²) in [7, 11) is 0. The van der Waals surface area contributed by atoms with E-state index in [4.69, 9.17) is 24.5 Å². The van der Waals surface area contributed by atoms with Gasteiger partial charge >= 0.3 is 5.97 Å². The molecule has 10 heteroatoms. The number of aromatic nitrogens is 4. The second-order valence-electron chi connectivity index (χ2n) is 9.93. The maximum Gasteiger partial charge on any atom is 0.303 e. The Hall–Kier alpha value is -3.40. The highest BCUT2D eigenvalue weighted by Gasteiger charge is 2.22. The molecular weight excluding hydrogens is 484 g/mol. The molecule has 206 valence electrons. The molecular formula is C28H40N6O4.